The van der Waals surface area contributed by atoms with Crippen molar-refractivity contribution in [2.75, 3.05) is 0 Å². The molecule has 31 heavy (non-hydrogen) atoms. The summed E-state index contributed by atoms with van der Waals surface area (Å²) in [5.74, 6) is -0.235. The third-order valence-electron chi connectivity index (χ3n) is 6.98. The lowest BCUT2D eigenvalue weighted by Gasteiger charge is -2.17. The highest BCUT2D eigenvalue weighted by atomic mass is 16.4. The number of unbranched alkanes of at least 4 members (excludes halogenated alkanes) is 1. The summed E-state index contributed by atoms with van der Waals surface area (Å²) in [7, 11) is 0. The number of fused-ring (bicyclic) bond motifs is 4. The lowest BCUT2D eigenvalue weighted by Crippen LogP contribution is -2.10. The van der Waals surface area contributed by atoms with Crippen LogP contribution in [-0.4, -0.2) is 19.9 Å². The fourth-order valence-corrected chi connectivity index (χ4v) is 5.33. The van der Waals surface area contributed by atoms with Gasteiger partial charge in [0, 0.05) is 10.9 Å². The monoisotopic (exact) mass is 423 g/mol. The molecular weight excluding hydrogens is 394 g/mol. The van der Waals surface area contributed by atoms with Crippen LogP contribution in [0, 0.1) is 0 Å². The normalized spacial score (nSPS) is 16.2. The summed E-state index contributed by atoms with van der Waals surface area (Å²) in [5, 5.41) is 14.8. The molecule has 0 radical (unpaired) electrons. The van der Waals surface area contributed by atoms with Crippen molar-refractivity contribution in [3.8, 4) is 5.75 Å². The molecule has 1 aliphatic carbocycles. The number of aromatic amines is 2. The van der Waals surface area contributed by atoms with E-state index in [-0.39, 0.29) is 28.9 Å². The first-order valence-electron chi connectivity index (χ1n) is 11.5. The Kier molecular flexibility index (Phi) is 4.91. The van der Waals surface area contributed by atoms with E-state index in [9.17, 15) is 14.7 Å². The number of pyridine rings is 1. The van der Waals surface area contributed by atoms with Crippen LogP contribution < -0.4 is 11.0 Å². The number of aromatic hydroxyl groups is 1. The molecule has 0 saturated heterocycles. The van der Waals surface area contributed by atoms with Gasteiger partial charge in [0.25, 0.3) is 5.56 Å². The zero-order valence-electron chi connectivity index (χ0n) is 18.1. The third-order valence-corrected chi connectivity index (χ3v) is 6.98. The van der Waals surface area contributed by atoms with Crippen molar-refractivity contribution in [3.05, 3.63) is 38.3 Å². The number of phenols is 1. The number of rotatable bonds is 6. The van der Waals surface area contributed by atoms with E-state index >= 15 is 0 Å². The van der Waals surface area contributed by atoms with Crippen LogP contribution in [0.25, 0.3) is 33.1 Å². The molecule has 1 saturated carbocycles. The second kappa shape index (κ2) is 7.62. The van der Waals surface area contributed by atoms with Gasteiger partial charge >= 0.3 is 0 Å². The average molecular weight is 424 g/mol. The predicted octanol–water partition coefficient (Wildman–Crippen LogP) is 5.42. The van der Waals surface area contributed by atoms with Gasteiger partial charge in [-0.15, -0.1) is 0 Å². The SMILES string of the molecule is CCCC[C@@H](CC)c1c2oc3c(O)c(=O)ccc3c2[nH]c2c1c(=O)[nH]n2C1CCCC1. The topological polar surface area (TPSA) is 104 Å². The standard InChI is InChI=1S/C24H29N3O4/c1-3-5-8-13(4-2)17-18-23(27(26-24(18)30)14-9-6-7-10-14)25-19-15-11-12-16(28)20(29)21(15)31-22(17)19/h11-14,25,29H,3-10H2,1-2H3,(H,26,30)/t13-/m1/s1. The Balaban J connectivity index is 1.91. The maximum Gasteiger partial charge on any atom is 0.274 e. The van der Waals surface area contributed by atoms with E-state index in [0.29, 0.717) is 16.4 Å². The number of phenolic OH excluding ortho intramolecular Hbond substituents is 1. The summed E-state index contributed by atoms with van der Waals surface area (Å²) in [6.07, 6.45) is 8.35. The number of H-pyrrole nitrogens is 2. The van der Waals surface area contributed by atoms with E-state index < -0.39 is 5.43 Å². The Morgan fingerprint density at radius 2 is 1.97 bits per heavy atom. The minimum atomic E-state index is -0.469. The molecule has 0 amide bonds. The van der Waals surface area contributed by atoms with E-state index in [1.54, 1.807) is 6.07 Å². The van der Waals surface area contributed by atoms with Crippen LogP contribution in [0.1, 0.15) is 82.7 Å². The van der Waals surface area contributed by atoms with Gasteiger partial charge in [0.2, 0.25) is 11.2 Å². The van der Waals surface area contributed by atoms with Gasteiger partial charge in [0.05, 0.1) is 16.9 Å². The van der Waals surface area contributed by atoms with Gasteiger partial charge in [-0.25, -0.2) is 0 Å². The predicted molar refractivity (Wildman–Crippen MR) is 122 cm³/mol. The van der Waals surface area contributed by atoms with Gasteiger partial charge in [-0.05, 0) is 43.7 Å². The Morgan fingerprint density at radius 3 is 2.68 bits per heavy atom. The van der Waals surface area contributed by atoms with Crippen LogP contribution in [0.5, 0.6) is 5.75 Å². The van der Waals surface area contributed by atoms with Gasteiger partial charge in [-0.3, -0.25) is 19.4 Å². The number of benzene rings is 1. The van der Waals surface area contributed by atoms with Gasteiger partial charge in [-0.1, -0.05) is 39.5 Å². The molecule has 3 aromatic heterocycles. The van der Waals surface area contributed by atoms with Gasteiger partial charge in [0.1, 0.15) is 5.65 Å². The highest BCUT2D eigenvalue weighted by molar-refractivity contribution is 6.09. The van der Waals surface area contributed by atoms with Crippen molar-refractivity contribution in [1.82, 2.24) is 14.8 Å². The molecule has 1 aliphatic rings. The van der Waals surface area contributed by atoms with Crippen LogP contribution in [0.15, 0.2) is 26.1 Å². The highest BCUT2D eigenvalue weighted by Gasteiger charge is 2.28. The maximum absolute atomic E-state index is 13.2. The molecule has 7 heteroatoms. The lowest BCUT2D eigenvalue weighted by molar-refractivity contribution is 0.463. The van der Waals surface area contributed by atoms with Crippen molar-refractivity contribution >= 4 is 33.1 Å². The molecule has 1 atom stereocenters. The molecular formula is C24H29N3O4. The second-order valence-corrected chi connectivity index (χ2v) is 8.85. The second-order valence-electron chi connectivity index (χ2n) is 8.85. The van der Waals surface area contributed by atoms with E-state index in [1.165, 1.54) is 6.07 Å². The molecule has 0 spiro atoms. The van der Waals surface area contributed by atoms with E-state index in [4.69, 9.17) is 4.42 Å². The molecule has 164 valence electrons. The Labute approximate surface area is 179 Å². The lowest BCUT2D eigenvalue weighted by atomic mass is 9.89. The Bertz CT molecular complexity index is 1380. The van der Waals surface area contributed by atoms with Crippen molar-refractivity contribution in [2.45, 2.75) is 77.2 Å². The third kappa shape index (κ3) is 3.01. The van der Waals surface area contributed by atoms with Crippen LogP contribution in [0.4, 0.5) is 0 Å². The molecule has 5 rings (SSSR count). The van der Waals surface area contributed by atoms with Crippen molar-refractivity contribution in [1.29, 1.82) is 0 Å². The fraction of sp³-hybridized carbons (Fsp3) is 0.500. The molecule has 0 unspecified atom stereocenters. The first-order chi connectivity index (χ1) is 15.0. The Hall–Kier alpha value is -2.96. The number of nitrogens with one attached hydrogen (secondary N) is 2. The van der Waals surface area contributed by atoms with E-state index in [0.717, 1.165) is 68.1 Å². The zero-order valence-corrected chi connectivity index (χ0v) is 18.1. The zero-order chi connectivity index (χ0) is 21.7. The van der Waals surface area contributed by atoms with Crippen LogP contribution in [-0.2, 0) is 0 Å². The molecule has 0 bridgehead atoms. The number of hydrogen-bond acceptors (Lipinski definition) is 4. The smallest absolute Gasteiger partial charge is 0.274 e. The van der Waals surface area contributed by atoms with Gasteiger partial charge in [-0.2, -0.15) is 0 Å². The van der Waals surface area contributed by atoms with Gasteiger partial charge in [0.15, 0.2) is 11.2 Å². The van der Waals surface area contributed by atoms with E-state index in [2.05, 4.69) is 23.9 Å². The summed E-state index contributed by atoms with van der Waals surface area (Å²) in [4.78, 5) is 28.7. The van der Waals surface area contributed by atoms with Crippen molar-refractivity contribution < 1.29 is 9.52 Å². The quantitative estimate of drug-likeness (QED) is 0.385. The highest BCUT2D eigenvalue weighted by Crippen LogP contribution is 2.41. The number of aromatic nitrogens is 3. The average Bonchev–Trinajstić information content (AvgIpc) is 3.49. The summed E-state index contributed by atoms with van der Waals surface area (Å²) >= 11 is 0. The molecule has 1 aromatic carbocycles. The first-order valence-corrected chi connectivity index (χ1v) is 11.5. The largest absolute Gasteiger partial charge is 0.502 e. The number of furan rings is 1. The number of hydrogen-bond donors (Lipinski definition) is 3. The summed E-state index contributed by atoms with van der Waals surface area (Å²) in [6.45, 7) is 4.29. The van der Waals surface area contributed by atoms with Crippen molar-refractivity contribution in [2.24, 2.45) is 0 Å². The summed E-state index contributed by atoms with van der Waals surface area (Å²) < 4.78 is 8.11. The molecule has 3 heterocycles. The minimum absolute atomic E-state index is 0.112. The first kappa shape index (κ1) is 20.0. The maximum atomic E-state index is 13.2. The van der Waals surface area contributed by atoms with Crippen LogP contribution in [0.3, 0.4) is 0 Å². The fourth-order valence-electron chi connectivity index (χ4n) is 5.33. The molecule has 0 aliphatic heterocycles. The molecule has 7 nitrogen and oxygen atoms in total. The molecule has 1 fully saturated rings. The minimum Gasteiger partial charge on any atom is -0.502 e. The summed E-state index contributed by atoms with van der Waals surface area (Å²) in [6, 6.07) is 3.31. The summed E-state index contributed by atoms with van der Waals surface area (Å²) in [5.41, 5.74) is 2.57. The van der Waals surface area contributed by atoms with E-state index in [1.807, 2.05) is 4.68 Å². The van der Waals surface area contributed by atoms with Crippen LogP contribution >= 0.6 is 0 Å². The Morgan fingerprint density at radius 1 is 1.19 bits per heavy atom. The van der Waals surface area contributed by atoms with Gasteiger partial charge < -0.3 is 14.5 Å². The van der Waals surface area contributed by atoms with Crippen LogP contribution in [0.2, 0.25) is 0 Å². The molecule has 3 N–H and O–H groups in total. The molecule has 4 aromatic rings. The van der Waals surface area contributed by atoms with Crippen molar-refractivity contribution in [3.63, 3.8) is 0 Å². The number of nitrogens with zero attached hydrogens (tertiary/aromatic N) is 1.